The first kappa shape index (κ1) is 28.7. The maximum Gasteiger partial charge on any atom is 0.261 e. The third-order valence-corrected chi connectivity index (χ3v) is 10.2. The van der Waals surface area contributed by atoms with Crippen molar-refractivity contribution >= 4 is 15.7 Å². The van der Waals surface area contributed by atoms with Gasteiger partial charge in [-0.25, -0.2) is 12.8 Å². The van der Waals surface area contributed by atoms with Crippen LogP contribution in [0.2, 0.25) is 0 Å². The molecule has 0 amide bonds. The molecule has 2 aliphatic rings. The van der Waals surface area contributed by atoms with Gasteiger partial charge in [-0.15, -0.1) is 0 Å². The van der Waals surface area contributed by atoms with Gasteiger partial charge in [-0.1, -0.05) is 74.6 Å². The van der Waals surface area contributed by atoms with E-state index in [1.165, 1.54) is 38.2 Å². The summed E-state index contributed by atoms with van der Waals surface area (Å²) in [5.41, 5.74) is 5.24. The van der Waals surface area contributed by atoms with E-state index in [4.69, 9.17) is 4.42 Å². The summed E-state index contributed by atoms with van der Waals surface area (Å²) in [7, 11) is -3.92. The predicted molar refractivity (Wildman–Crippen MR) is 165 cm³/mol. The van der Waals surface area contributed by atoms with E-state index in [0.29, 0.717) is 0 Å². The molecule has 3 aromatic carbocycles. The molecule has 1 N–H and O–H groups in total. The quantitative estimate of drug-likeness (QED) is 0.203. The Morgan fingerprint density at radius 1 is 0.976 bits per heavy atom. The van der Waals surface area contributed by atoms with E-state index >= 15 is 0 Å². The van der Waals surface area contributed by atoms with Crippen LogP contribution in [-0.2, 0) is 36.0 Å². The number of sulfonamides is 1. The number of rotatable bonds is 10. The van der Waals surface area contributed by atoms with Crippen molar-refractivity contribution in [1.29, 1.82) is 0 Å². The van der Waals surface area contributed by atoms with Crippen molar-refractivity contribution in [2.75, 3.05) is 11.3 Å². The second kappa shape index (κ2) is 12.4. The van der Waals surface area contributed by atoms with Gasteiger partial charge in [0.2, 0.25) is 0 Å². The molecular weight excluding hydrogens is 547 g/mol. The summed E-state index contributed by atoms with van der Waals surface area (Å²) < 4.78 is 49.8. The fraction of sp³-hybridized carbons (Fsp3) is 0.371. The molecule has 0 bridgehead atoms. The molecule has 2 heterocycles. The highest BCUT2D eigenvalue weighted by molar-refractivity contribution is 7.92. The lowest BCUT2D eigenvalue weighted by Crippen LogP contribution is -2.30. The minimum absolute atomic E-state index is 0.0104. The van der Waals surface area contributed by atoms with Gasteiger partial charge in [0.05, 0.1) is 10.6 Å². The van der Waals surface area contributed by atoms with E-state index < -0.39 is 15.8 Å². The van der Waals surface area contributed by atoms with Crippen molar-refractivity contribution in [2.24, 2.45) is 5.92 Å². The standard InChI is InChI=1S/C35H39FN2O3S/c1-25-31(22-35(41-25)28-12-3-2-4-13-28)24-38-19-18-29-21-32(16-15-30(29)23-38)42(39,40)37-34-17-14-27(20-33(34)36)11-7-10-26-8-5-6-9-26/h2-4,12-17,20-22,26,37H,5-11,18-19,23-24H2,1H3. The molecular formula is C35H39FN2O3S. The highest BCUT2D eigenvalue weighted by atomic mass is 32.2. The number of anilines is 1. The number of aryl methyl sites for hydroxylation is 2. The fourth-order valence-electron chi connectivity index (χ4n) is 6.45. The van der Waals surface area contributed by atoms with E-state index in [2.05, 4.69) is 15.7 Å². The first-order valence-electron chi connectivity index (χ1n) is 15.1. The zero-order chi connectivity index (χ0) is 29.1. The number of hydrogen-bond donors (Lipinski definition) is 1. The van der Waals surface area contributed by atoms with Gasteiger partial charge < -0.3 is 4.42 Å². The number of nitrogens with one attached hydrogen (secondary N) is 1. The van der Waals surface area contributed by atoms with Crippen LogP contribution in [0.1, 0.15) is 66.5 Å². The van der Waals surface area contributed by atoms with Crippen LogP contribution in [0.3, 0.4) is 0 Å². The average Bonchev–Trinajstić information content (AvgIpc) is 3.64. The third kappa shape index (κ3) is 6.63. The van der Waals surface area contributed by atoms with Crippen LogP contribution in [0.4, 0.5) is 10.1 Å². The Morgan fingerprint density at radius 3 is 2.57 bits per heavy atom. The topological polar surface area (TPSA) is 62.6 Å². The van der Waals surface area contributed by atoms with Crippen molar-refractivity contribution in [2.45, 2.75) is 76.3 Å². The molecule has 1 aliphatic heterocycles. The van der Waals surface area contributed by atoms with E-state index in [0.717, 1.165) is 84.2 Å². The van der Waals surface area contributed by atoms with Crippen LogP contribution < -0.4 is 4.72 Å². The first-order valence-corrected chi connectivity index (χ1v) is 16.6. The Balaban J connectivity index is 1.08. The molecule has 1 aromatic heterocycles. The van der Waals surface area contributed by atoms with E-state index in [9.17, 15) is 12.8 Å². The number of benzene rings is 3. The van der Waals surface area contributed by atoms with Gasteiger partial charge in [0.25, 0.3) is 10.0 Å². The molecule has 0 unspecified atom stereocenters. The number of fused-ring (bicyclic) bond motifs is 1. The SMILES string of the molecule is Cc1oc(-c2ccccc2)cc1CN1CCc2cc(S(=O)(=O)Nc3ccc(CCCC4CCCC4)cc3F)ccc2C1. The molecule has 42 heavy (non-hydrogen) atoms. The van der Waals surface area contributed by atoms with E-state index in [-0.39, 0.29) is 10.6 Å². The predicted octanol–water partition coefficient (Wildman–Crippen LogP) is 8.27. The largest absolute Gasteiger partial charge is 0.461 e. The van der Waals surface area contributed by atoms with Crippen LogP contribution in [0.5, 0.6) is 0 Å². The Bertz CT molecular complexity index is 1640. The Hall–Kier alpha value is -3.42. The van der Waals surface area contributed by atoms with Gasteiger partial charge in [-0.05, 0) is 79.1 Å². The number of hydrogen-bond acceptors (Lipinski definition) is 4. The Morgan fingerprint density at radius 2 is 1.79 bits per heavy atom. The molecule has 0 atom stereocenters. The highest BCUT2D eigenvalue weighted by Gasteiger charge is 2.23. The maximum absolute atomic E-state index is 14.9. The van der Waals surface area contributed by atoms with Crippen LogP contribution in [0.15, 0.2) is 82.1 Å². The van der Waals surface area contributed by atoms with Crippen molar-refractivity contribution in [3.63, 3.8) is 0 Å². The number of halogens is 1. The monoisotopic (exact) mass is 586 g/mol. The molecule has 7 heteroatoms. The van der Waals surface area contributed by atoms with Gasteiger partial charge in [0.1, 0.15) is 17.3 Å². The summed E-state index contributed by atoms with van der Waals surface area (Å²) in [6.45, 7) is 4.30. The molecule has 1 saturated carbocycles. The van der Waals surface area contributed by atoms with Crippen molar-refractivity contribution in [1.82, 2.24) is 4.90 Å². The molecule has 5 nitrogen and oxygen atoms in total. The molecule has 0 saturated heterocycles. The minimum Gasteiger partial charge on any atom is -0.461 e. The molecule has 220 valence electrons. The van der Waals surface area contributed by atoms with Gasteiger partial charge in [-0.2, -0.15) is 0 Å². The summed E-state index contributed by atoms with van der Waals surface area (Å²) in [5.74, 6) is 2.06. The van der Waals surface area contributed by atoms with Crippen LogP contribution in [0.25, 0.3) is 11.3 Å². The normalized spacial score (nSPS) is 16.0. The second-order valence-corrected chi connectivity index (χ2v) is 13.6. The van der Waals surface area contributed by atoms with Gasteiger partial charge >= 0.3 is 0 Å². The zero-order valence-electron chi connectivity index (χ0n) is 24.2. The lowest BCUT2D eigenvalue weighted by Gasteiger charge is -2.29. The summed E-state index contributed by atoms with van der Waals surface area (Å²) in [4.78, 5) is 2.51. The minimum atomic E-state index is -3.92. The van der Waals surface area contributed by atoms with Crippen molar-refractivity contribution in [3.8, 4) is 11.3 Å². The zero-order valence-corrected chi connectivity index (χ0v) is 25.1. The summed E-state index contributed by atoms with van der Waals surface area (Å²) in [5, 5.41) is 0. The summed E-state index contributed by atoms with van der Waals surface area (Å²) in [6.07, 6.45) is 9.08. The molecule has 6 rings (SSSR count). The van der Waals surface area contributed by atoms with Gasteiger partial charge in [-0.3, -0.25) is 9.62 Å². The lowest BCUT2D eigenvalue weighted by molar-refractivity contribution is 0.244. The van der Waals surface area contributed by atoms with E-state index in [1.54, 1.807) is 18.2 Å². The molecule has 0 radical (unpaired) electrons. The molecule has 1 fully saturated rings. The second-order valence-electron chi connectivity index (χ2n) is 11.9. The molecule has 0 spiro atoms. The Kier molecular flexibility index (Phi) is 8.50. The highest BCUT2D eigenvalue weighted by Crippen LogP contribution is 2.31. The van der Waals surface area contributed by atoms with Crippen molar-refractivity contribution in [3.05, 3.63) is 107 Å². The molecule has 1 aliphatic carbocycles. The lowest BCUT2D eigenvalue weighted by atomic mass is 9.98. The molecule has 4 aromatic rings. The maximum atomic E-state index is 14.9. The number of furan rings is 1. The van der Waals surface area contributed by atoms with E-state index in [1.807, 2.05) is 49.4 Å². The van der Waals surface area contributed by atoms with Gasteiger partial charge in [0, 0.05) is 30.8 Å². The summed E-state index contributed by atoms with van der Waals surface area (Å²) in [6, 6.07) is 22.3. The van der Waals surface area contributed by atoms with Crippen LogP contribution in [0, 0.1) is 18.7 Å². The average molecular weight is 587 g/mol. The first-order chi connectivity index (χ1) is 20.3. The fourth-order valence-corrected chi connectivity index (χ4v) is 7.56. The summed E-state index contributed by atoms with van der Waals surface area (Å²) >= 11 is 0. The Labute approximate surface area is 248 Å². The number of nitrogens with zero attached hydrogens (tertiary/aromatic N) is 1. The van der Waals surface area contributed by atoms with Crippen LogP contribution >= 0.6 is 0 Å². The van der Waals surface area contributed by atoms with Crippen LogP contribution in [-0.4, -0.2) is 19.9 Å². The smallest absolute Gasteiger partial charge is 0.261 e. The van der Waals surface area contributed by atoms with Gasteiger partial charge in [0.15, 0.2) is 0 Å². The third-order valence-electron chi connectivity index (χ3n) is 8.88. The van der Waals surface area contributed by atoms with Crippen molar-refractivity contribution < 1.29 is 17.2 Å².